The number of thioether (sulfide) groups is 1. The second-order valence-corrected chi connectivity index (χ2v) is 6.49. The predicted octanol–water partition coefficient (Wildman–Crippen LogP) is 3.35. The zero-order valence-electron chi connectivity index (χ0n) is 12.3. The predicted molar refractivity (Wildman–Crippen MR) is 81.7 cm³/mol. The zero-order valence-corrected chi connectivity index (χ0v) is 13.1. The topological polar surface area (TPSA) is 37.8 Å². The van der Waals surface area contributed by atoms with Crippen molar-refractivity contribution in [2.75, 3.05) is 12.3 Å². The number of nitrogens with one attached hydrogen (secondary N) is 1. The lowest BCUT2D eigenvalue weighted by Gasteiger charge is -2.19. The number of nitrogens with zero attached hydrogens (tertiary/aromatic N) is 2. The van der Waals surface area contributed by atoms with Crippen molar-refractivity contribution < 1.29 is 0 Å². The van der Waals surface area contributed by atoms with Gasteiger partial charge < -0.3 is 5.32 Å². The molecular formula is C15H25N3S. The second-order valence-electron chi connectivity index (χ2n) is 5.43. The summed E-state index contributed by atoms with van der Waals surface area (Å²) in [5, 5.41) is 4.56. The van der Waals surface area contributed by atoms with Crippen LogP contribution in [0.5, 0.6) is 0 Å². The quantitative estimate of drug-likeness (QED) is 0.640. The van der Waals surface area contributed by atoms with Crippen LogP contribution >= 0.6 is 11.8 Å². The van der Waals surface area contributed by atoms with E-state index in [1.165, 1.54) is 25.7 Å². The van der Waals surface area contributed by atoms with Crippen LogP contribution in [-0.2, 0) is 0 Å². The van der Waals surface area contributed by atoms with E-state index in [0.29, 0.717) is 0 Å². The number of aryl methyl sites for hydroxylation is 2. The molecule has 2 rings (SSSR count). The molecule has 0 aliphatic heterocycles. The molecule has 1 aromatic rings. The summed E-state index contributed by atoms with van der Waals surface area (Å²) in [5.74, 6) is 1.98. The third-order valence-electron chi connectivity index (χ3n) is 3.81. The summed E-state index contributed by atoms with van der Waals surface area (Å²) in [6.45, 7) is 7.37. The molecule has 1 aliphatic rings. The Morgan fingerprint density at radius 3 is 2.68 bits per heavy atom. The van der Waals surface area contributed by atoms with Crippen molar-refractivity contribution in [3.05, 3.63) is 17.5 Å². The lowest BCUT2D eigenvalue weighted by Crippen LogP contribution is -2.32. The summed E-state index contributed by atoms with van der Waals surface area (Å²) >= 11 is 1.81. The fourth-order valence-electron chi connectivity index (χ4n) is 2.97. The largest absolute Gasteiger partial charge is 0.314 e. The van der Waals surface area contributed by atoms with Crippen LogP contribution in [0.25, 0.3) is 0 Å². The van der Waals surface area contributed by atoms with Crippen LogP contribution in [0, 0.1) is 19.8 Å². The van der Waals surface area contributed by atoms with Crippen LogP contribution in [0.15, 0.2) is 11.2 Å². The van der Waals surface area contributed by atoms with E-state index in [-0.39, 0.29) is 0 Å². The lowest BCUT2D eigenvalue weighted by atomic mass is 10.0. The van der Waals surface area contributed by atoms with Gasteiger partial charge in [-0.3, -0.25) is 0 Å². The van der Waals surface area contributed by atoms with Gasteiger partial charge in [-0.05, 0) is 51.6 Å². The molecule has 0 radical (unpaired) electrons. The Balaban J connectivity index is 1.79. The minimum atomic E-state index is 0.741. The first-order valence-corrected chi connectivity index (χ1v) is 8.36. The highest BCUT2D eigenvalue weighted by Crippen LogP contribution is 2.30. The Labute approximate surface area is 121 Å². The van der Waals surface area contributed by atoms with E-state index >= 15 is 0 Å². The van der Waals surface area contributed by atoms with Crippen molar-refractivity contribution in [3.63, 3.8) is 0 Å². The van der Waals surface area contributed by atoms with Gasteiger partial charge in [0.15, 0.2) is 5.16 Å². The van der Waals surface area contributed by atoms with Crippen molar-refractivity contribution in [3.8, 4) is 0 Å². The van der Waals surface area contributed by atoms with Gasteiger partial charge in [0.1, 0.15) is 0 Å². The van der Waals surface area contributed by atoms with Crippen molar-refractivity contribution >= 4 is 11.8 Å². The van der Waals surface area contributed by atoms with Gasteiger partial charge in [0.25, 0.3) is 0 Å². The molecule has 0 aromatic carbocycles. The first kappa shape index (κ1) is 14.8. The average molecular weight is 279 g/mol. The van der Waals surface area contributed by atoms with Gasteiger partial charge in [-0.1, -0.05) is 25.1 Å². The molecule has 2 unspecified atom stereocenters. The van der Waals surface area contributed by atoms with Crippen LogP contribution in [0.1, 0.15) is 44.0 Å². The molecule has 0 amide bonds. The molecule has 1 heterocycles. The molecule has 1 N–H and O–H groups in total. The molecule has 0 saturated heterocycles. The molecule has 2 atom stereocenters. The molecule has 1 aliphatic carbocycles. The van der Waals surface area contributed by atoms with Gasteiger partial charge in [0.05, 0.1) is 0 Å². The normalized spacial score (nSPS) is 22.9. The highest BCUT2D eigenvalue weighted by molar-refractivity contribution is 7.99. The van der Waals surface area contributed by atoms with E-state index in [0.717, 1.165) is 40.8 Å². The van der Waals surface area contributed by atoms with Gasteiger partial charge >= 0.3 is 0 Å². The first-order chi connectivity index (χ1) is 9.19. The molecule has 106 valence electrons. The molecule has 1 aromatic heterocycles. The molecule has 1 fully saturated rings. The maximum absolute atomic E-state index is 4.49. The first-order valence-electron chi connectivity index (χ1n) is 7.37. The van der Waals surface area contributed by atoms with Crippen LogP contribution < -0.4 is 5.32 Å². The number of aromatic nitrogens is 2. The van der Waals surface area contributed by atoms with Crippen molar-refractivity contribution in [1.29, 1.82) is 0 Å². The molecule has 0 spiro atoms. The molecule has 1 saturated carbocycles. The Morgan fingerprint density at radius 2 is 2.00 bits per heavy atom. The zero-order chi connectivity index (χ0) is 13.7. The van der Waals surface area contributed by atoms with Crippen LogP contribution in [-0.4, -0.2) is 28.3 Å². The van der Waals surface area contributed by atoms with E-state index in [9.17, 15) is 0 Å². The SMILES string of the molecule is CCNC1CCCC1CCSc1nc(C)cc(C)n1. The van der Waals surface area contributed by atoms with Crippen molar-refractivity contribution in [1.82, 2.24) is 15.3 Å². The Bertz CT molecular complexity index is 388. The van der Waals surface area contributed by atoms with E-state index < -0.39 is 0 Å². The molecule has 4 heteroatoms. The van der Waals surface area contributed by atoms with Crippen LogP contribution in [0.4, 0.5) is 0 Å². The van der Waals surface area contributed by atoms with Crippen molar-refractivity contribution in [2.45, 2.75) is 57.7 Å². The van der Waals surface area contributed by atoms with E-state index in [2.05, 4.69) is 22.2 Å². The van der Waals surface area contributed by atoms with Crippen molar-refractivity contribution in [2.24, 2.45) is 5.92 Å². The smallest absolute Gasteiger partial charge is 0.187 e. The second kappa shape index (κ2) is 7.25. The molecule has 3 nitrogen and oxygen atoms in total. The van der Waals surface area contributed by atoms with Gasteiger partial charge in [0.2, 0.25) is 0 Å². The summed E-state index contributed by atoms with van der Waals surface area (Å²) < 4.78 is 0. The lowest BCUT2D eigenvalue weighted by molar-refractivity contribution is 0.400. The maximum Gasteiger partial charge on any atom is 0.187 e. The molecule has 0 bridgehead atoms. The highest BCUT2D eigenvalue weighted by Gasteiger charge is 2.25. The van der Waals surface area contributed by atoms with Gasteiger partial charge in [0, 0.05) is 23.2 Å². The fourth-order valence-corrected chi connectivity index (χ4v) is 3.99. The molecular weight excluding hydrogens is 254 g/mol. The number of hydrogen-bond donors (Lipinski definition) is 1. The molecule has 19 heavy (non-hydrogen) atoms. The highest BCUT2D eigenvalue weighted by atomic mass is 32.2. The summed E-state index contributed by atoms with van der Waals surface area (Å²) in [5.41, 5.74) is 2.14. The summed E-state index contributed by atoms with van der Waals surface area (Å²) in [4.78, 5) is 8.98. The maximum atomic E-state index is 4.49. The average Bonchev–Trinajstić information content (AvgIpc) is 2.76. The van der Waals surface area contributed by atoms with E-state index in [4.69, 9.17) is 0 Å². The summed E-state index contributed by atoms with van der Waals surface area (Å²) in [6, 6.07) is 2.77. The third-order valence-corrected chi connectivity index (χ3v) is 4.69. The Hall–Kier alpha value is -0.610. The minimum absolute atomic E-state index is 0.741. The fraction of sp³-hybridized carbons (Fsp3) is 0.733. The van der Waals surface area contributed by atoms with Gasteiger partial charge in [-0.2, -0.15) is 0 Å². The third kappa shape index (κ3) is 4.46. The standard InChI is InChI=1S/C15H25N3S/c1-4-16-14-7-5-6-13(14)8-9-19-15-17-11(2)10-12(3)18-15/h10,13-14,16H,4-9H2,1-3H3. The summed E-state index contributed by atoms with van der Waals surface area (Å²) in [6.07, 6.45) is 5.39. The van der Waals surface area contributed by atoms with Crippen LogP contribution in [0.2, 0.25) is 0 Å². The van der Waals surface area contributed by atoms with Gasteiger partial charge in [-0.25, -0.2) is 9.97 Å². The Morgan fingerprint density at radius 1 is 1.26 bits per heavy atom. The minimum Gasteiger partial charge on any atom is -0.314 e. The van der Waals surface area contributed by atoms with E-state index in [1.807, 2.05) is 19.9 Å². The monoisotopic (exact) mass is 279 g/mol. The summed E-state index contributed by atoms with van der Waals surface area (Å²) in [7, 11) is 0. The van der Waals surface area contributed by atoms with Crippen LogP contribution in [0.3, 0.4) is 0 Å². The number of rotatable bonds is 6. The van der Waals surface area contributed by atoms with E-state index in [1.54, 1.807) is 11.8 Å². The number of hydrogen-bond acceptors (Lipinski definition) is 4. The van der Waals surface area contributed by atoms with Gasteiger partial charge in [-0.15, -0.1) is 0 Å². The Kier molecular flexibility index (Phi) is 5.64.